The van der Waals surface area contributed by atoms with Gasteiger partial charge in [-0.05, 0) is 24.0 Å². The Bertz CT molecular complexity index is 434. The number of pyridine rings is 1. The smallest absolute Gasteiger partial charge is 0.413 e. The Morgan fingerprint density at radius 3 is 3.00 bits per heavy atom. The predicted molar refractivity (Wildman–Crippen MR) is 63.4 cm³/mol. The summed E-state index contributed by atoms with van der Waals surface area (Å²) in [7, 11) is 0. The molecule has 2 rings (SSSR count). The molecule has 0 aromatic carbocycles. The van der Waals surface area contributed by atoms with Gasteiger partial charge in [-0.1, -0.05) is 13.0 Å². The van der Waals surface area contributed by atoms with Gasteiger partial charge in [0, 0.05) is 25.3 Å². The molecular formula is C12H16N2O3. The number of carbonyl (C=O) groups is 1. The van der Waals surface area contributed by atoms with E-state index in [1.165, 1.54) is 4.90 Å². The van der Waals surface area contributed by atoms with Gasteiger partial charge >= 0.3 is 6.09 Å². The van der Waals surface area contributed by atoms with Crippen LogP contribution in [-0.2, 0) is 6.42 Å². The number of anilines is 1. The van der Waals surface area contributed by atoms with Crippen LogP contribution in [-0.4, -0.2) is 34.4 Å². The summed E-state index contributed by atoms with van der Waals surface area (Å²) in [5.74, 6) is 0.860. The van der Waals surface area contributed by atoms with Gasteiger partial charge in [-0.25, -0.2) is 9.78 Å². The van der Waals surface area contributed by atoms with E-state index in [2.05, 4.69) is 11.9 Å². The van der Waals surface area contributed by atoms with Gasteiger partial charge in [0.15, 0.2) is 0 Å². The van der Waals surface area contributed by atoms with Crippen molar-refractivity contribution < 1.29 is 15.0 Å². The molecule has 2 N–H and O–H groups in total. The molecular weight excluding hydrogens is 220 g/mol. The number of aliphatic hydroxyl groups excluding tert-OH is 1. The Morgan fingerprint density at radius 2 is 2.35 bits per heavy atom. The Hall–Kier alpha value is -1.62. The number of carboxylic acid groups (broad SMARTS) is 1. The largest absolute Gasteiger partial charge is 0.465 e. The number of hydrogen-bond acceptors (Lipinski definition) is 3. The zero-order chi connectivity index (χ0) is 12.4. The van der Waals surface area contributed by atoms with Crippen LogP contribution in [0.1, 0.15) is 30.5 Å². The molecule has 17 heavy (non-hydrogen) atoms. The lowest BCUT2D eigenvalue weighted by Crippen LogP contribution is -2.36. The summed E-state index contributed by atoms with van der Waals surface area (Å²) in [6, 6.07) is 3.78. The van der Waals surface area contributed by atoms with Crippen molar-refractivity contribution in [2.45, 2.75) is 25.7 Å². The third-order valence-corrected chi connectivity index (χ3v) is 3.13. The van der Waals surface area contributed by atoms with Crippen molar-refractivity contribution in [1.29, 1.82) is 0 Å². The van der Waals surface area contributed by atoms with Gasteiger partial charge in [0.1, 0.15) is 5.82 Å². The maximum Gasteiger partial charge on any atom is 0.413 e. The summed E-state index contributed by atoms with van der Waals surface area (Å²) >= 11 is 0. The molecule has 0 saturated carbocycles. The zero-order valence-corrected chi connectivity index (χ0v) is 9.76. The average molecular weight is 236 g/mol. The molecule has 0 saturated heterocycles. The highest BCUT2D eigenvalue weighted by atomic mass is 16.4. The van der Waals surface area contributed by atoms with E-state index in [0.717, 1.165) is 17.7 Å². The van der Waals surface area contributed by atoms with Crippen molar-refractivity contribution >= 4 is 11.9 Å². The molecule has 92 valence electrons. The number of hydrogen-bond donors (Lipinski definition) is 2. The summed E-state index contributed by atoms with van der Waals surface area (Å²) in [6.45, 7) is 2.58. The van der Waals surface area contributed by atoms with Crippen LogP contribution in [0.4, 0.5) is 10.6 Å². The molecule has 0 radical (unpaired) electrons. The Kier molecular flexibility index (Phi) is 3.28. The maximum atomic E-state index is 11.1. The Labute approximate surface area is 99.7 Å². The van der Waals surface area contributed by atoms with E-state index in [1.807, 2.05) is 12.1 Å². The molecule has 1 aliphatic rings. The molecule has 0 bridgehead atoms. The minimum Gasteiger partial charge on any atom is -0.465 e. The molecule has 5 heteroatoms. The highest BCUT2D eigenvalue weighted by Crippen LogP contribution is 2.33. The fraction of sp³-hybridized carbons (Fsp3) is 0.500. The quantitative estimate of drug-likeness (QED) is 0.818. The number of aliphatic hydroxyl groups is 1. The summed E-state index contributed by atoms with van der Waals surface area (Å²) in [5.41, 5.74) is 1.70. The van der Waals surface area contributed by atoms with Crippen LogP contribution in [0.25, 0.3) is 0 Å². The summed E-state index contributed by atoms with van der Waals surface area (Å²) in [6.07, 6.45) is 0.307. The van der Waals surface area contributed by atoms with Crippen LogP contribution < -0.4 is 4.90 Å². The minimum atomic E-state index is -0.966. The van der Waals surface area contributed by atoms with E-state index in [9.17, 15) is 4.79 Å². The number of rotatable bonds is 2. The first-order valence-corrected chi connectivity index (χ1v) is 5.74. The normalized spacial score (nSPS) is 18.9. The van der Waals surface area contributed by atoms with Crippen molar-refractivity contribution in [2.24, 2.45) is 0 Å². The Balaban J connectivity index is 2.42. The minimum absolute atomic E-state index is 0.0222. The molecule has 0 aliphatic carbocycles. The molecule has 5 nitrogen and oxygen atoms in total. The maximum absolute atomic E-state index is 11.1. The van der Waals surface area contributed by atoms with Crippen LogP contribution in [0, 0.1) is 0 Å². The predicted octanol–water partition coefficient (Wildman–Crippen LogP) is 1.61. The van der Waals surface area contributed by atoms with E-state index in [1.54, 1.807) is 0 Å². The monoisotopic (exact) mass is 236 g/mol. The van der Waals surface area contributed by atoms with Crippen LogP contribution in [0.15, 0.2) is 12.1 Å². The standard InChI is InChI=1S/C12H16N2O3/c1-8-4-6-14(12(16)17)11-10(8)3-2-9(13-11)5-7-15/h2-3,8,15H,4-7H2,1H3,(H,16,17). The van der Waals surface area contributed by atoms with E-state index in [4.69, 9.17) is 10.2 Å². The third-order valence-electron chi connectivity index (χ3n) is 3.13. The number of amides is 1. The molecule has 0 spiro atoms. The lowest BCUT2D eigenvalue weighted by molar-refractivity contribution is 0.200. The molecule has 1 aromatic heterocycles. The lowest BCUT2D eigenvalue weighted by atomic mass is 9.94. The van der Waals surface area contributed by atoms with E-state index in [0.29, 0.717) is 24.7 Å². The molecule has 1 atom stereocenters. The van der Waals surface area contributed by atoms with Gasteiger partial charge in [-0.2, -0.15) is 0 Å². The highest BCUT2D eigenvalue weighted by Gasteiger charge is 2.27. The second-order valence-corrected chi connectivity index (χ2v) is 4.31. The average Bonchev–Trinajstić information content (AvgIpc) is 2.29. The fourth-order valence-corrected chi connectivity index (χ4v) is 2.12. The van der Waals surface area contributed by atoms with Gasteiger partial charge in [-0.15, -0.1) is 0 Å². The highest BCUT2D eigenvalue weighted by molar-refractivity contribution is 5.86. The SMILES string of the molecule is CC1CCN(C(=O)O)c2nc(CCO)ccc21. The van der Waals surface area contributed by atoms with Gasteiger partial charge in [0.25, 0.3) is 0 Å². The van der Waals surface area contributed by atoms with Gasteiger partial charge < -0.3 is 10.2 Å². The fourth-order valence-electron chi connectivity index (χ4n) is 2.12. The number of nitrogens with zero attached hydrogens (tertiary/aromatic N) is 2. The van der Waals surface area contributed by atoms with Gasteiger partial charge in [0.2, 0.25) is 0 Å². The van der Waals surface area contributed by atoms with Crippen molar-refractivity contribution in [3.8, 4) is 0 Å². The topological polar surface area (TPSA) is 73.7 Å². The molecule has 1 amide bonds. The molecule has 0 fully saturated rings. The number of fused-ring (bicyclic) bond motifs is 1. The number of aromatic nitrogens is 1. The van der Waals surface area contributed by atoms with Crippen molar-refractivity contribution in [2.75, 3.05) is 18.1 Å². The zero-order valence-electron chi connectivity index (χ0n) is 9.76. The first-order chi connectivity index (χ1) is 8.13. The summed E-state index contributed by atoms with van der Waals surface area (Å²) < 4.78 is 0. The van der Waals surface area contributed by atoms with E-state index in [-0.39, 0.29) is 6.61 Å². The van der Waals surface area contributed by atoms with Crippen molar-refractivity contribution in [1.82, 2.24) is 4.98 Å². The second-order valence-electron chi connectivity index (χ2n) is 4.31. The molecule has 2 heterocycles. The van der Waals surface area contributed by atoms with Crippen LogP contribution in [0.2, 0.25) is 0 Å². The van der Waals surface area contributed by atoms with Crippen molar-refractivity contribution in [3.63, 3.8) is 0 Å². The summed E-state index contributed by atoms with van der Waals surface area (Å²) in [5, 5.41) is 18.0. The van der Waals surface area contributed by atoms with Crippen molar-refractivity contribution in [3.05, 3.63) is 23.4 Å². The van der Waals surface area contributed by atoms with Crippen LogP contribution >= 0.6 is 0 Å². The molecule has 1 aromatic rings. The van der Waals surface area contributed by atoms with E-state index < -0.39 is 6.09 Å². The van der Waals surface area contributed by atoms with E-state index >= 15 is 0 Å². The Morgan fingerprint density at radius 1 is 1.59 bits per heavy atom. The third kappa shape index (κ3) is 2.24. The van der Waals surface area contributed by atoms with Crippen LogP contribution in [0.3, 0.4) is 0 Å². The van der Waals surface area contributed by atoms with Crippen LogP contribution in [0.5, 0.6) is 0 Å². The molecule has 1 unspecified atom stereocenters. The first kappa shape index (κ1) is 11.9. The van der Waals surface area contributed by atoms with Gasteiger partial charge in [-0.3, -0.25) is 4.90 Å². The second kappa shape index (κ2) is 4.71. The molecule has 1 aliphatic heterocycles. The lowest BCUT2D eigenvalue weighted by Gasteiger charge is -2.30. The van der Waals surface area contributed by atoms with Gasteiger partial charge in [0.05, 0.1) is 0 Å². The first-order valence-electron chi connectivity index (χ1n) is 5.74. The summed E-state index contributed by atoms with van der Waals surface area (Å²) in [4.78, 5) is 16.8.